The van der Waals surface area contributed by atoms with E-state index < -0.39 is 82.1 Å². The molecular formula is C43H31Cl2F4N5O5. The summed E-state index contributed by atoms with van der Waals surface area (Å²) in [4.78, 5) is 63.0. The number of aromatic hydroxyl groups is 1. The van der Waals surface area contributed by atoms with Crippen molar-refractivity contribution in [3.05, 3.63) is 141 Å². The van der Waals surface area contributed by atoms with E-state index >= 15 is 4.79 Å². The predicted molar refractivity (Wildman–Crippen MR) is 209 cm³/mol. The molecule has 0 bridgehead atoms. The quantitative estimate of drug-likeness (QED) is 0.0993. The molecule has 6 unspecified atom stereocenters. The first-order chi connectivity index (χ1) is 28.1. The number of carbonyl (C=O) groups excluding carboxylic acids is 4. The zero-order valence-electron chi connectivity index (χ0n) is 30.8. The molecule has 2 saturated heterocycles. The number of nitrogens with zero attached hydrogens (tertiary/aromatic N) is 4. The third-order valence-corrected chi connectivity index (χ3v) is 12.7. The van der Waals surface area contributed by atoms with Crippen molar-refractivity contribution in [2.75, 3.05) is 17.5 Å². The highest BCUT2D eigenvalue weighted by atomic mass is 35.5. The molecule has 2 aliphatic carbocycles. The minimum atomic E-state index is -4.85. The average Bonchev–Trinajstić information content (AvgIpc) is 3.59. The van der Waals surface area contributed by atoms with E-state index in [0.717, 1.165) is 21.1 Å². The Bertz CT molecular complexity index is 2640. The van der Waals surface area contributed by atoms with Crippen molar-refractivity contribution in [1.29, 1.82) is 0 Å². The molecule has 3 fully saturated rings. The van der Waals surface area contributed by atoms with Gasteiger partial charge in [0.25, 0.3) is 23.6 Å². The number of pyridine rings is 1. The Balaban J connectivity index is 1.22. The third-order valence-electron chi connectivity index (χ3n) is 12.2. The summed E-state index contributed by atoms with van der Waals surface area (Å²) in [5.74, 6) is -9.33. The number of aromatic nitrogens is 1. The van der Waals surface area contributed by atoms with Crippen molar-refractivity contribution in [1.82, 2.24) is 15.0 Å². The minimum Gasteiger partial charge on any atom is -0.507 e. The summed E-state index contributed by atoms with van der Waals surface area (Å²) in [6.07, 6.45) is -3.21. The molecule has 6 atom stereocenters. The second-order valence-electron chi connectivity index (χ2n) is 15.1. The van der Waals surface area contributed by atoms with Crippen LogP contribution in [0.1, 0.15) is 35.6 Å². The van der Waals surface area contributed by atoms with Gasteiger partial charge in [0.2, 0.25) is 0 Å². The van der Waals surface area contributed by atoms with E-state index in [1.54, 1.807) is 60.7 Å². The molecule has 59 heavy (non-hydrogen) atoms. The summed E-state index contributed by atoms with van der Waals surface area (Å²) in [7, 11) is 1.22. The van der Waals surface area contributed by atoms with E-state index in [1.165, 1.54) is 31.3 Å². The van der Waals surface area contributed by atoms with E-state index in [-0.39, 0.29) is 34.9 Å². The van der Waals surface area contributed by atoms with Crippen LogP contribution >= 0.6 is 23.2 Å². The Morgan fingerprint density at radius 2 is 1.58 bits per heavy atom. The number of nitrogens with one attached hydrogen (secondary N) is 1. The number of hydrazine groups is 2. The molecule has 3 heterocycles. The van der Waals surface area contributed by atoms with Crippen LogP contribution in [0.2, 0.25) is 10.0 Å². The van der Waals surface area contributed by atoms with Gasteiger partial charge >= 0.3 is 6.18 Å². The molecular weight excluding hydrogens is 813 g/mol. The number of anilines is 2. The maximum atomic E-state index is 15.4. The van der Waals surface area contributed by atoms with Gasteiger partial charge in [-0.3, -0.25) is 29.6 Å². The van der Waals surface area contributed by atoms with Gasteiger partial charge in [-0.05, 0) is 78.2 Å². The van der Waals surface area contributed by atoms with Crippen molar-refractivity contribution in [2.45, 2.75) is 30.4 Å². The fourth-order valence-corrected chi connectivity index (χ4v) is 10.0. The summed E-state index contributed by atoms with van der Waals surface area (Å²) in [6, 6.07) is 23.7. The Kier molecular flexibility index (Phi) is 9.01. The maximum absolute atomic E-state index is 15.4. The van der Waals surface area contributed by atoms with Gasteiger partial charge in [0.05, 0.1) is 33.9 Å². The Hall–Kier alpha value is -5.99. The average molecular weight is 845 g/mol. The van der Waals surface area contributed by atoms with Gasteiger partial charge < -0.3 is 5.11 Å². The summed E-state index contributed by atoms with van der Waals surface area (Å²) in [5, 5.41) is 16.0. The number of fused-ring (bicyclic) bond motifs is 5. The van der Waals surface area contributed by atoms with Gasteiger partial charge in [-0.15, -0.1) is 0 Å². The zero-order chi connectivity index (χ0) is 41.7. The second-order valence-corrected chi connectivity index (χ2v) is 16.0. The number of alkyl halides is 3. The van der Waals surface area contributed by atoms with Crippen LogP contribution < -0.4 is 10.4 Å². The van der Waals surface area contributed by atoms with Crippen LogP contribution in [0.4, 0.5) is 29.1 Å². The number of benzene rings is 4. The highest BCUT2D eigenvalue weighted by Gasteiger charge is 2.71. The summed E-state index contributed by atoms with van der Waals surface area (Å²) >= 11 is 12.7. The monoisotopic (exact) mass is 843 g/mol. The molecule has 2 N–H and O–H groups in total. The van der Waals surface area contributed by atoms with E-state index in [0.29, 0.717) is 33.0 Å². The molecule has 4 amide bonds. The summed E-state index contributed by atoms with van der Waals surface area (Å²) < 4.78 is 55.2. The molecule has 0 radical (unpaired) electrons. The number of imide groups is 2. The first kappa shape index (κ1) is 38.5. The molecule has 10 nitrogen and oxygen atoms in total. The van der Waals surface area contributed by atoms with E-state index in [2.05, 4.69) is 10.4 Å². The van der Waals surface area contributed by atoms with E-state index in [4.69, 9.17) is 23.2 Å². The first-order valence-electron chi connectivity index (χ1n) is 18.5. The van der Waals surface area contributed by atoms with Crippen molar-refractivity contribution in [2.24, 2.45) is 23.7 Å². The molecule has 1 aromatic heterocycles. The number of phenolic OH excluding ortho intramolecular Hbond substituents is 1. The lowest BCUT2D eigenvalue weighted by Crippen LogP contribution is -2.53. The highest BCUT2D eigenvalue weighted by Crippen LogP contribution is 2.65. The van der Waals surface area contributed by atoms with Gasteiger partial charge in [-0.25, -0.2) is 9.37 Å². The predicted octanol–water partition coefficient (Wildman–Crippen LogP) is 8.44. The Labute approximate surface area is 343 Å². The zero-order valence-corrected chi connectivity index (χ0v) is 32.3. The molecule has 5 aromatic rings. The second kappa shape index (κ2) is 13.8. The van der Waals surface area contributed by atoms with Crippen LogP contribution in [0.25, 0.3) is 10.8 Å². The number of rotatable bonds is 6. The number of amides is 4. The van der Waals surface area contributed by atoms with Crippen LogP contribution in [-0.2, 0) is 30.8 Å². The Morgan fingerprint density at radius 1 is 0.864 bits per heavy atom. The molecule has 2 aliphatic heterocycles. The number of hydrogen-bond donors (Lipinski definition) is 2. The minimum absolute atomic E-state index is 0.0128. The highest BCUT2D eigenvalue weighted by molar-refractivity contribution is 6.33. The normalized spacial score (nSPS) is 25.2. The summed E-state index contributed by atoms with van der Waals surface area (Å²) in [6.45, 7) is 0. The largest absolute Gasteiger partial charge is 0.507 e. The topological polar surface area (TPSA) is 123 Å². The molecule has 4 aromatic carbocycles. The number of phenols is 1. The molecule has 1 saturated carbocycles. The van der Waals surface area contributed by atoms with Gasteiger partial charge in [0.15, 0.2) is 5.82 Å². The number of allylic oxidation sites excluding steroid dienone is 2. The smallest absolute Gasteiger partial charge is 0.433 e. The number of halogens is 6. The third kappa shape index (κ3) is 5.78. The summed E-state index contributed by atoms with van der Waals surface area (Å²) in [5.41, 5.74) is 1.27. The van der Waals surface area contributed by atoms with Crippen LogP contribution in [0.15, 0.2) is 109 Å². The number of hydrogen-bond acceptors (Lipinski definition) is 8. The fourth-order valence-electron chi connectivity index (χ4n) is 9.69. The van der Waals surface area contributed by atoms with Gasteiger partial charge in [0.1, 0.15) is 17.3 Å². The van der Waals surface area contributed by atoms with Crippen molar-refractivity contribution >= 4 is 69.1 Å². The SMILES string of the molecule is CN(c1nc(C(F)(F)F)ccc1Cl)N1C(=O)C2CC=C3C(CC4C(=O)N(Nc5ccc(F)cc5)C(=O)C4(c4ccc(Cl)cc4)C3c3ccc4ccccc4c3O)C2C1=O. The standard InChI is InChI=1S/C43H31Cl2F4N5O5/c1-52(37-32(45)18-19-33(50-37)43(47,48)49)54-38(56)28-17-16-27-30(34(28)40(54)58)20-31-39(57)53(51-25-13-11-24(46)12-14-25)41(59)42(31,22-7-9-23(44)10-8-22)35(27)29-15-6-21-4-2-3-5-26(21)36(29)55/h2-16,18-19,28,30-31,34-35,51,55H,17,20H2,1H3. The van der Waals surface area contributed by atoms with Crippen LogP contribution in [-0.4, -0.2) is 50.8 Å². The van der Waals surface area contributed by atoms with E-state index in [9.17, 15) is 37.1 Å². The maximum Gasteiger partial charge on any atom is 0.433 e. The van der Waals surface area contributed by atoms with Crippen LogP contribution in [0, 0.1) is 29.5 Å². The molecule has 9 rings (SSSR count). The van der Waals surface area contributed by atoms with Crippen molar-refractivity contribution in [3.8, 4) is 5.75 Å². The fraction of sp³-hybridized carbons (Fsp3) is 0.233. The van der Waals surface area contributed by atoms with Crippen molar-refractivity contribution < 1.29 is 41.8 Å². The molecule has 0 spiro atoms. The molecule has 16 heteroatoms. The lowest BCUT2D eigenvalue weighted by molar-refractivity contribution is -0.142. The molecule has 4 aliphatic rings. The Morgan fingerprint density at radius 3 is 2.29 bits per heavy atom. The lowest BCUT2D eigenvalue weighted by atomic mass is 9.49. The first-order valence-corrected chi connectivity index (χ1v) is 19.3. The van der Waals surface area contributed by atoms with Crippen LogP contribution in [0.5, 0.6) is 5.75 Å². The van der Waals surface area contributed by atoms with Gasteiger partial charge in [-0.2, -0.15) is 23.2 Å². The van der Waals surface area contributed by atoms with Crippen molar-refractivity contribution in [3.63, 3.8) is 0 Å². The van der Waals surface area contributed by atoms with E-state index in [1.807, 2.05) is 6.07 Å². The van der Waals surface area contributed by atoms with Gasteiger partial charge in [-0.1, -0.05) is 83.4 Å². The lowest BCUT2D eigenvalue weighted by Gasteiger charge is -2.50. The number of carbonyl (C=O) groups is 4. The van der Waals surface area contributed by atoms with Crippen LogP contribution in [0.3, 0.4) is 0 Å². The van der Waals surface area contributed by atoms with Gasteiger partial charge in [0, 0.05) is 28.9 Å². The molecule has 300 valence electrons.